The molecule has 1 aliphatic rings. The van der Waals surface area contributed by atoms with Crippen molar-refractivity contribution in [3.8, 4) is 11.5 Å². The van der Waals surface area contributed by atoms with Crippen molar-refractivity contribution < 1.29 is 23.8 Å². The Balaban J connectivity index is 0.000000202. The highest BCUT2D eigenvalue weighted by Crippen LogP contribution is 2.39. The summed E-state index contributed by atoms with van der Waals surface area (Å²) in [5, 5.41) is 3.53. The molecule has 0 bridgehead atoms. The maximum Gasteiger partial charge on any atom is 0.293 e. The van der Waals surface area contributed by atoms with Gasteiger partial charge >= 0.3 is 0 Å². The van der Waals surface area contributed by atoms with E-state index in [2.05, 4.69) is 14.7 Å². The lowest BCUT2D eigenvalue weighted by atomic mass is 9.88. The Bertz CT molecular complexity index is 1700. The molecule has 1 aliphatic heterocycles. The van der Waals surface area contributed by atoms with E-state index >= 15 is 0 Å². The monoisotopic (exact) mass is 593 g/mol. The normalized spacial score (nSPS) is 14.2. The lowest BCUT2D eigenvalue weighted by molar-refractivity contribution is -0.129. The van der Waals surface area contributed by atoms with Crippen molar-refractivity contribution in [2.45, 2.75) is 25.5 Å². The first-order chi connectivity index (χ1) is 19.9. The van der Waals surface area contributed by atoms with Gasteiger partial charge in [-0.1, -0.05) is 35.3 Å². The maximum atomic E-state index is 11.7. The van der Waals surface area contributed by atoms with E-state index in [4.69, 9.17) is 32.7 Å². The second kappa shape index (κ2) is 12.6. The zero-order valence-electron chi connectivity index (χ0n) is 22.6. The van der Waals surface area contributed by atoms with Crippen LogP contribution in [0.4, 0.5) is 0 Å². The first-order valence-electron chi connectivity index (χ1n) is 13.0. The van der Waals surface area contributed by atoms with Gasteiger partial charge in [0.2, 0.25) is 6.41 Å². The van der Waals surface area contributed by atoms with Crippen molar-refractivity contribution in [3.05, 3.63) is 93.2 Å². The van der Waals surface area contributed by atoms with Gasteiger partial charge < -0.3 is 29.1 Å². The molecule has 0 spiro atoms. The van der Waals surface area contributed by atoms with Crippen molar-refractivity contribution >= 4 is 57.9 Å². The maximum absolute atomic E-state index is 11.7. The fourth-order valence-corrected chi connectivity index (χ4v) is 5.68. The summed E-state index contributed by atoms with van der Waals surface area (Å²) in [6.07, 6.45) is 6.26. The number of halogens is 2. The molecule has 6 rings (SSSR count). The summed E-state index contributed by atoms with van der Waals surface area (Å²) in [5.41, 5.74) is 6.35. The van der Waals surface area contributed by atoms with Crippen molar-refractivity contribution in [1.29, 1.82) is 0 Å². The number of ether oxygens (including phenoxy) is 3. The number of aromatic nitrogens is 2. The number of nitrogens with one attached hydrogen (secondary N) is 2. The second-order valence-electron chi connectivity index (χ2n) is 9.63. The third kappa shape index (κ3) is 5.99. The van der Waals surface area contributed by atoms with Gasteiger partial charge in [0.15, 0.2) is 11.5 Å². The predicted octanol–water partition coefficient (Wildman–Crippen LogP) is 6.63. The number of hydrogen-bond donors (Lipinski definition) is 2. The van der Waals surface area contributed by atoms with E-state index in [9.17, 15) is 9.59 Å². The zero-order chi connectivity index (χ0) is 28.9. The van der Waals surface area contributed by atoms with Gasteiger partial charge in [-0.05, 0) is 65.9 Å². The summed E-state index contributed by atoms with van der Waals surface area (Å²) in [4.78, 5) is 30.0. The van der Waals surface area contributed by atoms with Gasteiger partial charge in [0.1, 0.15) is 6.61 Å². The standard InChI is InChI=1S/C21H21ClN2O3.C10H8ClNO2/c1-26-20-8-13-5-6-24(12-25)19(17(13)10-21(20)27-2)7-14-11-23-18-9-15(22)3-4-16(14)18;11-8-1-2-9-7(5-14-6-13)4-12-10(9)3-8/h3-4,8-12,19,23H,5-7H2,1-2H3;1-4,6,12H,5H2. The second-order valence-corrected chi connectivity index (χ2v) is 10.5. The highest BCUT2D eigenvalue weighted by atomic mass is 35.5. The van der Waals surface area contributed by atoms with Crippen LogP contribution in [0, 0.1) is 0 Å². The summed E-state index contributed by atoms with van der Waals surface area (Å²) in [7, 11) is 3.27. The minimum absolute atomic E-state index is 0.0549. The van der Waals surface area contributed by atoms with Crippen LogP contribution in [0.3, 0.4) is 0 Å². The van der Waals surface area contributed by atoms with Crippen LogP contribution in [-0.2, 0) is 33.8 Å². The van der Waals surface area contributed by atoms with Crippen molar-refractivity contribution in [3.63, 3.8) is 0 Å². The molecule has 1 amide bonds. The van der Waals surface area contributed by atoms with Crippen LogP contribution in [0.15, 0.2) is 60.9 Å². The average molecular weight is 594 g/mol. The third-order valence-corrected chi connectivity index (χ3v) is 7.83. The van der Waals surface area contributed by atoms with Gasteiger partial charge in [0.25, 0.3) is 6.47 Å². The molecule has 1 atom stereocenters. The summed E-state index contributed by atoms with van der Waals surface area (Å²) >= 11 is 11.9. The number of amides is 1. The van der Waals surface area contributed by atoms with Crippen LogP contribution in [-0.4, -0.2) is 48.5 Å². The number of carbonyl (C=O) groups excluding carboxylic acids is 2. The fourth-order valence-electron chi connectivity index (χ4n) is 5.34. The van der Waals surface area contributed by atoms with Gasteiger partial charge in [0.05, 0.1) is 20.3 Å². The molecule has 2 N–H and O–H groups in total. The number of benzene rings is 3. The van der Waals surface area contributed by atoms with Crippen molar-refractivity contribution in [2.24, 2.45) is 0 Å². The molecule has 2 aromatic heterocycles. The average Bonchev–Trinajstić information content (AvgIpc) is 3.58. The van der Waals surface area contributed by atoms with Crippen LogP contribution in [0.25, 0.3) is 21.8 Å². The summed E-state index contributed by atoms with van der Waals surface area (Å²) in [5.74, 6) is 1.40. The first kappa shape index (κ1) is 28.4. The summed E-state index contributed by atoms with van der Waals surface area (Å²) in [6.45, 7) is 1.41. The third-order valence-electron chi connectivity index (χ3n) is 7.36. The Morgan fingerprint density at radius 3 is 2.10 bits per heavy atom. The fraction of sp³-hybridized carbons (Fsp3) is 0.226. The van der Waals surface area contributed by atoms with E-state index in [-0.39, 0.29) is 12.6 Å². The number of hydrogen-bond acceptors (Lipinski definition) is 5. The molecule has 5 aromatic rings. The van der Waals surface area contributed by atoms with E-state index in [1.165, 1.54) is 5.56 Å². The van der Waals surface area contributed by atoms with Crippen LogP contribution in [0.1, 0.15) is 28.3 Å². The highest BCUT2D eigenvalue weighted by Gasteiger charge is 2.29. The number of nitrogens with zero attached hydrogens (tertiary/aromatic N) is 1. The molecule has 0 saturated carbocycles. The zero-order valence-corrected chi connectivity index (χ0v) is 24.1. The molecule has 1 unspecified atom stereocenters. The van der Waals surface area contributed by atoms with Gasteiger partial charge in [-0.25, -0.2) is 0 Å². The van der Waals surface area contributed by atoms with Crippen LogP contribution >= 0.6 is 23.2 Å². The molecule has 212 valence electrons. The minimum atomic E-state index is -0.0549. The van der Waals surface area contributed by atoms with E-state index in [1.807, 2.05) is 65.8 Å². The number of rotatable bonds is 8. The first-order valence-corrected chi connectivity index (χ1v) is 13.7. The molecule has 0 fully saturated rings. The van der Waals surface area contributed by atoms with E-state index in [1.54, 1.807) is 14.2 Å². The SMILES string of the molecule is COc1cc2c(cc1OC)C(Cc1c[nH]c3cc(Cl)ccc13)N(C=O)CC2.O=COCc1c[nH]c2cc(Cl)ccc12. The smallest absolute Gasteiger partial charge is 0.293 e. The predicted molar refractivity (Wildman–Crippen MR) is 160 cm³/mol. The molecule has 0 aliphatic carbocycles. The molecule has 8 nitrogen and oxygen atoms in total. The molecule has 3 aromatic carbocycles. The van der Waals surface area contributed by atoms with Crippen molar-refractivity contribution in [1.82, 2.24) is 14.9 Å². The topological polar surface area (TPSA) is 96.7 Å². The summed E-state index contributed by atoms with van der Waals surface area (Å²) in [6, 6.07) is 15.3. The molecule has 3 heterocycles. The van der Waals surface area contributed by atoms with Crippen LogP contribution in [0.5, 0.6) is 11.5 Å². The molecular weight excluding hydrogens is 565 g/mol. The van der Waals surface area contributed by atoms with Gasteiger partial charge in [-0.3, -0.25) is 9.59 Å². The van der Waals surface area contributed by atoms with Gasteiger partial charge in [-0.2, -0.15) is 0 Å². The molecule has 41 heavy (non-hydrogen) atoms. The Labute approximate surface area is 247 Å². The van der Waals surface area contributed by atoms with E-state index in [0.29, 0.717) is 35.2 Å². The van der Waals surface area contributed by atoms with Crippen LogP contribution in [0.2, 0.25) is 10.0 Å². The number of H-pyrrole nitrogens is 2. The lowest BCUT2D eigenvalue weighted by Gasteiger charge is -2.35. The van der Waals surface area contributed by atoms with E-state index < -0.39 is 0 Å². The Hall–Kier alpha value is -4.14. The van der Waals surface area contributed by atoms with Crippen LogP contribution < -0.4 is 9.47 Å². The number of carbonyl (C=O) groups is 2. The largest absolute Gasteiger partial charge is 0.493 e. The molecule has 0 radical (unpaired) electrons. The minimum Gasteiger partial charge on any atom is -0.493 e. The number of aromatic amines is 2. The molecular formula is C31H29Cl2N3O5. The Kier molecular flexibility index (Phi) is 8.71. The highest BCUT2D eigenvalue weighted by molar-refractivity contribution is 6.31. The summed E-state index contributed by atoms with van der Waals surface area (Å²) < 4.78 is 15.6. The lowest BCUT2D eigenvalue weighted by Crippen LogP contribution is -2.35. The molecule has 10 heteroatoms. The number of methoxy groups -OCH3 is 2. The van der Waals surface area contributed by atoms with Gasteiger partial charge in [0, 0.05) is 56.4 Å². The van der Waals surface area contributed by atoms with E-state index in [0.717, 1.165) is 57.1 Å². The molecule has 0 saturated heterocycles. The number of fused-ring (bicyclic) bond motifs is 3. The quantitative estimate of drug-likeness (QED) is 0.197. The Morgan fingerprint density at radius 2 is 1.49 bits per heavy atom. The Morgan fingerprint density at radius 1 is 0.878 bits per heavy atom. The van der Waals surface area contributed by atoms with Gasteiger partial charge in [-0.15, -0.1) is 0 Å². The van der Waals surface area contributed by atoms with Crippen molar-refractivity contribution in [2.75, 3.05) is 20.8 Å².